The van der Waals surface area contributed by atoms with Gasteiger partial charge in [-0.3, -0.25) is 9.48 Å². The highest BCUT2D eigenvalue weighted by atomic mass is 79.9. The second kappa shape index (κ2) is 7.62. The highest BCUT2D eigenvalue weighted by Gasteiger charge is 2.42. The summed E-state index contributed by atoms with van der Waals surface area (Å²) in [5, 5.41) is 3.70. The van der Waals surface area contributed by atoms with E-state index >= 15 is 0 Å². The molecule has 0 N–H and O–H groups in total. The van der Waals surface area contributed by atoms with Crippen LogP contribution in [0.4, 0.5) is 23.2 Å². The number of hydrogen-bond donors (Lipinski definition) is 0. The van der Waals surface area contributed by atoms with Gasteiger partial charge < -0.3 is 9.80 Å². The summed E-state index contributed by atoms with van der Waals surface area (Å²) >= 11 is 3.04. The van der Waals surface area contributed by atoms with E-state index in [1.807, 2.05) is 4.90 Å². The maximum Gasteiger partial charge on any atom is 0.436 e. The van der Waals surface area contributed by atoms with Gasteiger partial charge in [0.05, 0.1) is 10.2 Å². The maximum absolute atomic E-state index is 13.2. The van der Waals surface area contributed by atoms with Crippen LogP contribution in [0, 0.1) is 5.82 Å². The number of amides is 1. The molecule has 0 bridgehead atoms. The molecule has 1 aliphatic carbocycles. The van der Waals surface area contributed by atoms with E-state index in [1.54, 1.807) is 17.0 Å². The van der Waals surface area contributed by atoms with Crippen LogP contribution in [0.2, 0.25) is 0 Å². The average molecular weight is 475 g/mol. The summed E-state index contributed by atoms with van der Waals surface area (Å²) in [6, 6.07) is 6.16. The molecule has 5 nitrogen and oxygen atoms in total. The summed E-state index contributed by atoms with van der Waals surface area (Å²) in [6.07, 6.45) is -2.98. The molecule has 1 saturated heterocycles. The fourth-order valence-corrected chi connectivity index (χ4v) is 4.43. The molecule has 2 aliphatic rings. The van der Waals surface area contributed by atoms with Crippen molar-refractivity contribution in [2.45, 2.75) is 31.5 Å². The quantitative estimate of drug-likeness (QED) is 0.628. The topological polar surface area (TPSA) is 41.4 Å². The van der Waals surface area contributed by atoms with E-state index in [9.17, 15) is 22.4 Å². The molecule has 2 aromatic rings. The van der Waals surface area contributed by atoms with Crippen LogP contribution in [-0.2, 0) is 17.5 Å². The van der Waals surface area contributed by atoms with Crippen LogP contribution >= 0.6 is 15.9 Å². The van der Waals surface area contributed by atoms with Gasteiger partial charge in [-0.15, -0.1) is 0 Å². The molecule has 0 atom stereocenters. The molecule has 0 unspecified atom stereocenters. The van der Waals surface area contributed by atoms with Crippen molar-refractivity contribution in [1.82, 2.24) is 14.7 Å². The minimum absolute atomic E-state index is 0.0103. The van der Waals surface area contributed by atoms with E-state index in [0.717, 1.165) is 18.5 Å². The lowest BCUT2D eigenvalue weighted by atomic mass is 10.2. The van der Waals surface area contributed by atoms with Crippen molar-refractivity contribution in [3.8, 4) is 0 Å². The molecule has 29 heavy (non-hydrogen) atoms. The Bertz CT molecular complexity index is 900. The Labute approximate surface area is 173 Å². The number of piperazine rings is 1. The molecule has 0 spiro atoms. The molecule has 1 aromatic heterocycles. The van der Waals surface area contributed by atoms with Gasteiger partial charge in [-0.1, -0.05) is 0 Å². The SMILES string of the molecule is O=C(Cn1nc(C(F)(F)F)c(Br)c1C1CC1)N1CCN(c2ccc(F)cc2)CC1. The Hall–Kier alpha value is -2.10. The molecular weight excluding hydrogens is 456 g/mol. The largest absolute Gasteiger partial charge is 0.436 e. The maximum atomic E-state index is 13.2. The molecule has 2 heterocycles. The van der Waals surface area contributed by atoms with Gasteiger partial charge in [-0.2, -0.15) is 18.3 Å². The summed E-state index contributed by atoms with van der Waals surface area (Å²) in [5.74, 6) is -0.553. The first-order chi connectivity index (χ1) is 13.7. The van der Waals surface area contributed by atoms with Gasteiger partial charge in [0.1, 0.15) is 12.4 Å². The highest BCUT2D eigenvalue weighted by molar-refractivity contribution is 9.10. The Balaban J connectivity index is 1.43. The summed E-state index contributed by atoms with van der Waals surface area (Å²) in [4.78, 5) is 16.4. The lowest BCUT2D eigenvalue weighted by molar-refractivity contribution is -0.142. The molecule has 1 amide bonds. The van der Waals surface area contributed by atoms with Crippen molar-refractivity contribution < 1.29 is 22.4 Å². The van der Waals surface area contributed by atoms with Crippen molar-refractivity contribution in [2.24, 2.45) is 0 Å². The number of hydrogen-bond acceptors (Lipinski definition) is 3. The van der Waals surface area contributed by atoms with Gasteiger partial charge in [0, 0.05) is 37.8 Å². The molecule has 0 radical (unpaired) electrons. The van der Waals surface area contributed by atoms with E-state index in [-0.39, 0.29) is 28.7 Å². The zero-order valence-corrected chi connectivity index (χ0v) is 17.0. The number of alkyl halides is 3. The third kappa shape index (κ3) is 4.26. The van der Waals surface area contributed by atoms with Crippen LogP contribution in [-0.4, -0.2) is 46.8 Å². The van der Waals surface area contributed by atoms with Crippen LogP contribution in [0.3, 0.4) is 0 Å². The number of rotatable bonds is 4. The number of aromatic nitrogens is 2. The van der Waals surface area contributed by atoms with Crippen molar-refractivity contribution >= 4 is 27.5 Å². The zero-order chi connectivity index (χ0) is 20.8. The predicted octanol–water partition coefficient (Wildman–Crippen LogP) is 4.03. The van der Waals surface area contributed by atoms with Crippen LogP contribution < -0.4 is 4.90 Å². The third-order valence-corrected chi connectivity index (χ3v) is 6.06. The average Bonchev–Trinajstić information content (AvgIpc) is 3.45. The summed E-state index contributed by atoms with van der Waals surface area (Å²) < 4.78 is 53.9. The van der Waals surface area contributed by atoms with Crippen LogP contribution in [0.5, 0.6) is 0 Å². The molecule has 10 heteroatoms. The monoisotopic (exact) mass is 474 g/mol. The van der Waals surface area contributed by atoms with E-state index < -0.39 is 11.9 Å². The van der Waals surface area contributed by atoms with Gasteiger partial charge in [-0.25, -0.2) is 4.39 Å². The molecular formula is C19H19BrF4N4O. The van der Waals surface area contributed by atoms with Crippen molar-refractivity contribution in [2.75, 3.05) is 31.1 Å². The minimum atomic E-state index is -4.57. The lowest BCUT2D eigenvalue weighted by Gasteiger charge is -2.36. The van der Waals surface area contributed by atoms with Gasteiger partial charge in [0.25, 0.3) is 0 Å². The molecule has 2 fully saturated rings. The Morgan fingerprint density at radius 3 is 2.28 bits per heavy atom. The van der Waals surface area contributed by atoms with Crippen molar-refractivity contribution in [1.29, 1.82) is 0 Å². The number of carbonyl (C=O) groups is 1. The van der Waals surface area contributed by atoms with Gasteiger partial charge in [-0.05, 0) is 53.0 Å². The molecule has 1 aliphatic heterocycles. The van der Waals surface area contributed by atoms with Gasteiger partial charge in [0.15, 0.2) is 5.69 Å². The highest BCUT2D eigenvalue weighted by Crippen LogP contribution is 2.47. The van der Waals surface area contributed by atoms with E-state index in [0.29, 0.717) is 31.9 Å². The number of nitrogens with zero attached hydrogens (tertiary/aromatic N) is 4. The minimum Gasteiger partial charge on any atom is -0.368 e. The summed E-state index contributed by atoms with van der Waals surface area (Å²) in [5.41, 5.74) is 0.351. The lowest BCUT2D eigenvalue weighted by Crippen LogP contribution is -2.49. The Morgan fingerprint density at radius 2 is 1.72 bits per heavy atom. The van der Waals surface area contributed by atoms with Crippen LogP contribution in [0.15, 0.2) is 28.7 Å². The van der Waals surface area contributed by atoms with Gasteiger partial charge >= 0.3 is 6.18 Å². The molecule has 4 rings (SSSR count). The van der Waals surface area contributed by atoms with Gasteiger partial charge in [0.2, 0.25) is 5.91 Å². The second-order valence-corrected chi connectivity index (χ2v) is 8.11. The second-order valence-electron chi connectivity index (χ2n) is 7.32. The fourth-order valence-electron chi connectivity index (χ4n) is 3.60. The first kappa shape index (κ1) is 20.2. The summed E-state index contributed by atoms with van der Waals surface area (Å²) in [7, 11) is 0. The smallest absolute Gasteiger partial charge is 0.368 e. The van der Waals surface area contributed by atoms with E-state index in [4.69, 9.17) is 0 Å². The molecule has 1 saturated carbocycles. The number of halogens is 5. The van der Waals surface area contributed by atoms with Crippen molar-refractivity contribution in [3.63, 3.8) is 0 Å². The van der Waals surface area contributed by atoms with E-state index in [1.165, 1.54) is 16.8 Å². The Kier molecular flexibility index (Phi) is 5.30. The molecule has 1 aromatic carbocycles. The Morgan fingerprint density at radius 1 is 1.10 bits per heavy atom. The summed E-state index contributed by atoms with van der Waals surface area (Å²) in [6.45, 7) is 1.83. The van der Waals surface area contributed by atoms with Crippen molar-refractivity contribution in [3.05, 3.63) is 45.9 Å². The third-order valence-electron chi connectivity index (χ3n) is 5.27. The van der Waals surface area contributed by atoms with Crippen LogP contribution in [0.25, 0.3) is 0 Å². The fraction of sp³-hybridized carbons (Fsp3) is 0.474. The first-order valence-electron chi connectivity index (χ1n) is 9.35. The predicted molar refractivity (Wildman–Crippen MR) is 102 cm³/mol. The standard InChI is InChI=1S/C19H19BrF4N4O/c20-16-17(12-1-2-12)28(25-18(16)19(22,23)24)11-15(29)27-9-7-26(8-10-27)14-5-3-13(21)4-6-14/h3-6,12H,1-2,7-11H2. The number of benzene rings is 1. The zero-order valence-electron chi connectivity index (χ0n) is 15.4. The normalized spacial score (nSPS) is 17.7. The number of anilines is 1. The number of carbonyl (C=O) groups excluding carboxylic acids is 1. The van der Waals surface area contributed by atoms with E-state index in [2.05, 4.69) is 21.0 Å². The first-order valence-corrected chi connectivity index (χ1v) is 10.1. The molecule has 156 valence electrons. The van der Waals surface area contributed by atoms with Crippen LogP contribution in [0.1, 0.15) is 30.1 Å².